The molecule has 3 aromatic carbocycles. The zero-order valence-electron chi connectivity index (χ0n) is 26.1. The summed E-state index contributed by atoms with van der Waals surface area (Å²) < 4.78 is 5.60. The van der Waals surface area contributed by atoms with E-state index in [4.69, 9.17) is 4.74 Å². The number of amides is 2. The summed E-state index contributed by atoms with van der Waals surface area (Å²) in [4.78, 5) is 43.2. The molecule has 9 nitrogen and oxygen atoms in total. The van der Waals surface area contributed by atoms with Crippen molar-refractivity contribution in [1.29, 1.82) is 0 Å². The molecule has 2 atom stereocenters. The molecule has 0 radical (unpaired) electrons. The Kier molecular flexibility index (Phi) is 9.98. The number of carbonyl (C=O) groups is 2. The van der Waals surface area contributed by atoms with Gasteiger partial charge in [0.25, 0.3) is 11.6 Å². The first kappa shape index (κ1) is 31.9. The number of non-ortho nitro benzene ring substituents is 1. The maximum atomic E-state index is 13.4. The first-order valence-corrected chi connectivity index (χ1v) is 15.7. The zero-order chi connectivity index (χ0) is 32.0. The van der Waals surface area contributed by atoms with E-state index in [1.165, 1.54) is 17.7 Å². The third-order valence-corrected chi connectivity index (χ3v) is 9.45. The monoisotopic (exact) mass is 610 g/mol. The largest absolute Gasteiger partial charge is 0.445 e. The lowest BCUT2D eigenvalue weighted by molar-refractivity contribution is -0.384. The van der Waals surface area contributed by atoms with Crippen LogP contribution in [0.1, 0.15) is 66.2 Å². The smallest absolute Gasteiger partial charge is 0.410 e. The number of nitro benzene ring substituents is 1. The quantitative estimate of drug-likeness (QED) is 0.128. The highest BCUT2D eigenvalue weighted by Gasteiger charge is 2.47. The van der Waals surface area contributed by atoms with Crippen molar-refractivity contribution >= 4 is 17.7 Å². The van der Waals surface area contributed by atoms with Gasteiger partial charge >= 0.3 is 6.09 Å². The summed E-state index contributed by atoms with van der Waals surface area (Å²) in [6.07, 6.45) is 3.80. The zero-order valence-corrected chi connectivity index (χ0v) is 26.1. The minimum Gasteiger partial charge on any atom is -0.445 e. The summed E-state index contributed by atoms with van der Waals surface area (Å²) in [6, 6.07) is 24.6. The van der Waals surface area contributed by atoms with Gasteiger partial charge in [0.1, 0.15) is 6.61 Å². The van der Waals surface area contributed by atoms with E-state index in [-0.39, 0.29) is 35.7 Å². The van der Waals surface area contributed by atoms with E-state index in [2.05, 4.69) is 55.7 Å². The molecule has 1 fully saturated rings. The lowest BCUT2D eigenvalue weighted by Gasteiger charge is -2.43. The van der Waals surface area contributed by atoms with Gasteiger partial charge in [-0.3, -0.25) is 14.9 Å². The number of nitrogens with zero attached hydrogens (tertiary/aromatic N) is 4. The minimum absolute atomic E-state index is 0.00144. The van der Waals surface area contributed by atoms with Crippen molar-refractivity contribution in [3.8, 4) is 0 Å². The average Bonchev–Trinajstić information content (AvgIpc) is 3.37. The first-order chi connectivity index (χ1) is 21.8. The molecule has 9 heteroatoms. The van der Waals surface area contributed by atoms with Gasteiger partial charge in [-0.2, -0.15) is 0 Å². The molecule has 5 rings (SSSR count). The summed E-state index contributed by atoms with van der Waals surface area (Å²) >= 11 is 0. The van der Waals surface area contributed by atoms with E-state index in [0.29, 0.717) is 18.7 Å². The summed E-state index contributed by atoms with van der Waals surface area (Å²) in [5, 5.41) is 10.9. The number of hydrogen-bond donors (Lipinski definition) is 0. The van der Waals surface area contributed by atoms with Crippen molar-refractivity contribution < 1.29 is 19.2 Å². The van der Waals surface area contributed by atoms with Gasteiger partial charge in [0, 0.05) is 55.3 Å². The van der Waals surface area contributed by atoms with Gasteiger partial charge in [-0.25, -0.2) is 4.79 Å². The van der Waals surface area contributed by atoms with Crippen LogP contribution >= 0.6 is 0 Å². The molecule has 45 heavy (non-hydrogen) atoms. The Morgan fingerprint density at radius 3 is 2.38 bits per heavy atom. The number of piperidine rings is 1. The number of likely N-dealkylation sites (N-methyl/N-ethyl adjacent to an activating group) is 1. The van der Waals surface area contributed by atoms with Crippen LogP contribution < -0.4 is 0 Å². The van der Waals surface area contributed by atoms with Gasteiger partial charge in [0.05, 0.1) is 11.0 Å². The molecule has 2 aliphatic rings. The molecule has 0 bridgehead atoms. The van der Waals surface area contributed by atoms with E-state index in [9.17, 15) is 19.7 Å². The van der Waals surface area contributed by atoms with E-state index < -0.39 is 11.0 Å². The van der Waals surface area contributed by atoms with Crippen LogP contribution in [0.5, 0.6) is 0 Å². The second kappa shape index (κ2) is 14.1. The number of fused-ring (bicyclic) bond motifs is 1. The van der Waals surface area contributed by atoms with Crippen molar-refractivity contribution in [2.75, 3.05) is 32.7 Å². The maximum absolute atomic E-state index is 13.4. The normalized spacial score (nSPS) is 18.2. The third-order valence-electron chi connectivity index (χ3n) is 9.45. The van der Waals surface area contributed by atoms with E-state index in [1.807, 2.05) is 29.2 Å². The van der Waals surface area contributed by atoms with Crippen molar-refractivity contribution in [1.82, 2.24) is 14.7 Å². The molecule has 3 aromatic rings. The Bertz CT molecular complexity index is 1500. The molecule has 1 unspecified atom stereocenters. The molecule has 0 saturated carbocycles. The van der Waals surface area contributed by atoms with Crippen LogP contribution in [0.15, 0.2) is 91.5 Å². The van der Waals surface area contributed by atoms with E-state index in [1.54, 1.807) is 23.1 Å². The third kappa shape index (κ3) is 6.78. The first-order valence-electron chi connectivity index (χ1n) is 15.7. The highest BCUT2D eigenvalue weighted by molar-refractivity contribution is 5.99. The molecule has 2 heterocycles. The molecular weight excluding hydrogens is 568 g/mol. The van der Waals surface area contributed by atoms with E-state index in [0.717, 1.165) is 50.0 Å². The Morgan fingerprint density at radius 2 is 1.73 bits per heavy atom. The van der Waals surface area contributed by atoms with Crippen LogP contribution in [0.3, 0.4) is 0 Å². The second-order valence-electron chi connectivity index (χ2n) is 12.1. The number of carbonyl (C=O) groups excluding carboxylic acids is 2. The van der Waals surface area contributed by atoms with Crippen molar-refractivity contribution in [2.24, 2.45) is 0 Å². The Labute approximate surface area is 265 Å². The summed E-state index contributed by atoms with van der Waals surface area (Å²) in [7, 11) is 0. The Hall–Kier alpha value is -4.50. The van der Waals surface area contributed by atoms with Crippen molar-refractivity contribution in [2.45, 2.75) is 57.2 Å². The SMILES string of the molecule is C=CCN(C(=O)OCc1ccc([N+](=O)[O-])cc1)C1CCN(CCC(C)(c2ccccc2)[C@@H]2c3ccccc3C(=O)N2CC)CC1. The molecule has 2 amide bonds. The minimum atomic E-state index is -0.454. The molecule has 236 valence electrons. The second-order valence-corrected chi connectivity index (χ2v) is 12.1. The number of rotatable bonds is 12. The number of ether oxygens (including phenoxy) is 1. The van der Waals surface area contributed by atoms with Gasteiger partial charge in [-0.15, -0.1) is 6.58 Å². The molecular formula is C36H42N4O5. The maximum Gasteiger partial charge on any atom is 0.410 e. The van der Waals surface area contributed by atoms with Crippen LogP contribution in [-0.4, -0.2) is 70.4 Å². The van der Waals surface area contributed by atoms with Gasteiger partial charge in [0.2, 0.25) is 0 Å². The lowest BCUT2D eigenvalue weighted by atomic mass is 9.70. The number of hydrogen-bond acceptors (Lipinski definition) is 6. The van der Waals surface area contributed by atoms with Gasteiger partial charge in [0.15, 0.2) is 0 Å². The summed E-state index contributed by atoms with van der Waals surface area (Å²) in [6.45, 7) is 11.8. The number of nitro groups is 1. The molecule has 1 saturated heterocycles. The van der Waals surface area contributed by atoms with Crippen LogP contribution in [0.4, 0.5) is 10.5 Å². The fraction of sp³-hybridized carbons (Fsp3) is 0.389. The standard InChI is InChI=1S/C36H42N4O5/c1-4-22-39(35(42)45-26-27-15-17-30(18-16-27)40(43)44)29-19-23-37(24-20-29)25-21-36(3,28-11-7-6-8-12-28)33-31-13-9-10-14-32(31)34(41)38(33)5-2/h4,6-18,29,33H,1,5,19-26H2,2-3H3/t33-,36?/m0/s1. The van der Waals surface area contributed by atoms with Crippen LogP contribution in [0.25, 0.3) is 0 Å². The Morgan fingerprint density at radius 1 is 1.07 bits per heavy atom. The molecule has 0 N–H and O–H groups in total. The highest BCUT2D eigenvalue weighted by Crippen LogP contribution is 2.49. The van der Waals surface area contributed by atoms with E-state index >= 15 is 0 Å². The fourth-order valence-electron chi connectivity index (χ4n) is 6.94. The predicted octanol–water partition coefficient (Wildman–Crippen LogP) is 6.75. The van der Waals surface area contributed by atoms with Gasteiger partial charge in [-0.1, -0.05) is 61.5 Å². The fourth-order valence-corrected chi connectivity index (χ4v) is 6.94. The highest BCUT2D eigenvalue weighted by atomic mass is 16.6. The summed E-state index contributed by atoms with van der Waals surface area (Å²) in [5.41, 5.74) is 3.51. The van der Waals surface area contributed by atoms with Gasteiger partial charge < -0.3 is 19.4 Å². The predicted molar refractivity (Wildman–Crippen MR) is 174 cm³/mol. The van der Waals surface area contributed by atoms with Crippen LogP contribution in [0.2, 0.25) is 0 Å². The van der Waals surface area contributed by atoms with Gasteiger partial charge in [-0.05, 0) is 67.6 Å². The summed E-state index contributed by atoms with van der Waals surface area (Å²) in [5.74, 6) is 0.101. The van der Waals surface area contributed by atoms with Crippen LogP contribution in [0, 0.1) is 10.1 Å². The van der Waals surface area contributed by atoms with Crippen molar-refractivity contribution in [3.05, 3.63) is 124 Å². The molecule has 0 aliphatic carbocycles. The topological polar surface area (TPSA) is 96.2 Å². The van der Waals surface area contributed by atoms with Crippen LogP contribution in [-0.2, 0) is 16.8 Å². The Balaban J connectivity index is 1.24. The van der Waals surface area contributed by atoms with Crippen molar-refractivity contribution in [3.63, 3.8) is 0 Å². The molecule has 0 aromatic heterocycles. The number of benzene rings is 3. The average molecular weight is 611 g/mol. The lowest BCUT2D eigenvalue weighted by Crippen LogP contribution is -2.49. The molecule has 2 aliphatic heterocycles. The molecule has 0 spiro atoms. The number of likely N-dealkylation sites (tertiary alicyclic amines) is 1.